The lowest BCUT2D eigenvalue weighted by atomic mass is 10.1. The maximum Gasteiger partial charge on any atom is 0.126 e. The molecule has 0 unspecified atom stereocenters. The van der Waals surface area contributed by atoms with Gasteiger partial charge >= 0.3 is 0 Å². The van der Waals surface area contributed by atoms with Crippen molar-refractivity contribution in [3.63, 3.8) is 0 Å². The van der Waals surface area contributed by atoms with Crippen LogP contribution in [0.5, 0.6) is 5.75 Å². The molecule has 2 aromatic carbocycles. The fourth-order valence-electron chi connectivity index (χ4n) is 1.51. The summed E-state index contributed by atoms with van der Waals surface area (Å²) in [6.07, 6.45) is 0. The molecule has 2 aromatic rings. The first-order valence-corrected chi connectivity index (χ1v) is 5.08. The Morgan fingerprint density at radius 2 is 1.56 bits per heavy atom. The summed E-state index contributed by atoms with van der Waals surface area (Å²) in [6.45, 7) is 0. The van der Waals surface area contributed by atoms with Crippen molar-refractivity contribution < 1.29 is 4.74 Å². The van der Waals surface area contributed by atoms with Crippen molar-refractivity contribution in [1.82, 2.24) is 6.15 Å². The molecule has 0 saturated heterocycles. The number of halogens is 1. The second-order valence-corrected chi connectivity index (χ2v) is 3.64. The third-order valence-electron chi connectivity index (χ3n) is 2.26. The van der Waals surface area contributed by atoms with Crippen molar-refractivity contribution in [2.45, 2.75) is 0 Å². The molecule has 84 valence electrons. The first-order valence-electron chi connectivity index (χ1n) is 4.70. The van der Waals surface area contributed by atoms with E-state index in [1.54, 1.807) is 7.11 Å². The van der Waals surface area contributed by atoms with Crippen LogP contribution in [-0.4, -0.2) is 7.11 Å². The summed E-state index contributed by atoms with van der Waals surface area (Å²) in [5.74, 6) is 0.875. The summed E-state index contributed by atoms with van der Waals surface area (Å²) in [5, 5.41) is 0.744. The molecule has 0 aromatic heterocycles. The van der Waals surface area contributed by atoms with E-state index in [1.807, 2.05) is 48.5 Å². The Morgan fingerprint density at radius 1 is 0.938 bits per heavy atom. The number of benzene rings is 2. The molecule has 0 heterocycles. The van der Waals surface area contributed by atoms with E-state index in [9.17, 15) is 0 Å². The molecule has 0 bridgehead atoms. The van der Waals surface area contributed by atoms with Crippen LogP contribution in [0, 0.1) is 0 Å². The van der Waals surface area contributed by atoms with E-state index in [0.29, 0.717) is 0 Å². The lowest BCUT2D eigenvalue weighted by molar-refractivity contribution is 0.416. The van der Waals surface area contributed by atoms with E-state index in [-0.39, 0.29) is 6.15 Å². The molecule has 0 fully saturated rings. The minimum Gasteiger partial charge on any atom is -0.496 e. The van der Waals surface area contributed by atoms with Gasteiger partial charge in [0.2, 0.25) is 0 Å². The quantitative estimate of drug-likeness (QED) is 0.849. The normalized spacial score (nSPS) is 9.38. The summed E-state index contributed by atoms with van der Waals surface area (Å²) in [4.78, 5) is 0. The van der Waals surface area contributed by atoms with Crippen molar-refractivity contribution >= 4 is 11.6 Å². The Bertz CT molecular complexity index is 454. The molecule has 3 heteroatoms. The van der Waals surface area contributed by atoms with Crippen LogP contribution < -0.4 is 10.9 Å². The summed E-state index contributed by atoms with van der Waals surface area (Å²) in [5.41, 5.74) is 2.19. The van der Waals surface area contributed by atoms with E-state index in [1.165, 1.54) is 0 Å². The van der Waals surface area contributed by atoms with Gasteiger partial charge in [-0.05, 0) is 23.8 Å². The molecule has 0 atom stereocenters. The van der Waals surface area contributed by atoms with E-state index >= 15 is 0 Å². The molecule has 0 amide bonds. The Balaban J connectivity index is 0.00000128. The third kappa shape index (κ3) is 2.54. The average molecular weight is 236 g/mol. The highest BCUT2D eigenvalue weighted by Gasteiger charge is 2.03. The second kappa shape index (κ2) is 5.54. The monoisotopic (exact) mass is 235 g/mol. The van der Waals surface area contributed by atoms with E-state index in [4.69, 9.17) is 16.3 Å². The second-order valence-electron chi connectivity index (χ2n) is 3.21. The summed E-state index contributed by atoms with van der Waals surface area (Å²) < 4.78 is 5.30. The van der Waals surface area contributed by atoms with Gasteiger partial charge in [-0.15, -0.1) is 0 Å². The topological polar surface area (TPSA) is 44.2 Å². The van der Waals surface area contributed by atoms with Gasteiger partial charge in [-0.25, -0.2) is 0 Å². The minimum atomic E-state index is 0. The molecule has 0 saturated carbocycles. The van der Waals surface area contributed by atoms with Gasteiger partial charge in [-0.2, -0.15) is 0 Å². The van der Waals surface area contributed by atoms with Gasteiger partial charge in [0.05, 0.1) is 7.11 Å². The van der Waals surface area contributed by atoms with Gasteiger partial charge in [-0.3, -0.25) is 0 Å². The van der Waals surface area contributed by atoms with E-state index < -0.39 is 0 Å². The molecule has 2 nitrogen and oxygen atoms in total. The van der Waals surface area contributed by atoms with Crippen LogP contribution in [0.2, 0.25) is 5.02 Å². The SMILES string of the molecule is COc1ccccc1-c1ccc(Cl)cc1.N. The highest BCUT2D eigenvalue weighted by atomic mass is 35.5. The third-order valence-corrected chi connectivity index (χ3v) is 2.51. The molecule has 0 aliphatic carbocycles. The lowest BCUT2D eigenvalue weighted by Crippen LogP contribution is -1.86. The number of ether oxygens (including phenoxy) is 1. The number of hydrogen-bond acceptors (Lipinski definition) is 2. The predicted octanol–water partition coefficient (Wildman–Crippen LogP) is 4.18. The zero-order valence-corrected chi connectivity index (χ0v) is 9.87. The smallest absolute Gasteiger partial charge is 0.126 e. The molecule has 0 aliphatic rings. The van der Waals surface area contributed by atoms with Gasteiger partial charge in [0.25, 0.3) is 0 Å². The highest BCUT2D eigenvalue weighted by Crippen LogP contribution is 2.29. The molecular formula is C13H14ClNO. The Kier molecular flexibility index (Phi) is 4.35. The van der Waals surface area contributed by atoms with Crippen LogP contribution in [0.4, 0.5) is 0 Å². The fraction of sp³-hybridized carbons (Fsp3) is 0.0769. The van der Waals surface area contributed by atoms with Crippen molar-refractivity contribution in [1.29, 1.82) is 0 Å². The molecule has 0 spiro atoms. The van der Waals surface area contributed by atoms with Gasteiger partial charge in [0.1, 0.15) is 5.75 Å². The van der Waals surface area contributed by atoms with Gasteiger partial charge < -0.3 is 10.9 Å². The maximum atomic E-state index is 5.84. The van der Waals surface area contributed by atoms with Crippen molar-refractivity contribution in [2.75, 3.05) is 7.11 Å². The standard InChI is InChI=1S/C13H11ClO.H3N/c1-15-13-5-3-2-4-12(13)10-6-8-11(14)9-7-10;/h2-9H,1H3;1H3. The minimum absolute atomic E-state index is 0. The van der Waals surface area contributed by atoms with Crippen LogP contribution in [0.1, 0.15) is 0 Å². The summed E-state index contributed by atoms with van der Waals surface area (Å²) in [7, 11) is 1.68. The summed E-state index contributed by atoms with van der Waals surface area (Å²) in [6, 6.07) is 15.7. The first-order chi connectivity index (χ1) is 7.31. The number of methoxy groups -OCH3 is 1. The Morgan fingerprint density at radius 3 is 2.19 bits per heavy atom. The van der Waals surface area contributed by atoms with Crippen LogP contribution in [0.3, 0.4) is 0 Å². The van der Waals surface area contributed by atoms with Crippen LogP contribution in [-0.2, 0) is 0 Å². The van der Waals surface area contributed by atoms with Gasteiger partial charge in [-0.1, -0.05) is 41.9 Å². The van der Waals surface area contributed by atoms with Gasteiger partial charge in [0, 0.05) is 10.6 Å². The zero-order chi connectivity index (χ0) is 10.7. The molecule has 0 aliphatic heterocycles. The first kappa shape index (κ1) is 12.6. The van der Waals surface area contributed by atoms with E-state index in [2.05, 4.69) is 0 Å². The molecule has 0 radical (unpaired) electrons. The summed E-state index contributed by atoms with van der Waals surface area (Å²) >= 11 is 5.84. The molecule has 3 N–H and O–H groups in total. The average Bonchev–Trinajstić information content (AvgIpc) is 2.30. The highest BCUT2D eigenvalue weighted by molar-refractivity contribution is 6.30. The van der Waals surface area contributed by atoms with Crippen molar-refractivity contribution in [2.24, 2.45) is 0 Å². The zero-order valence-electron chi connectivity index (χ0n) is 9.11. The fourth-order valence-corrected chi connectivity index (χ4v) is 1.64. The lowest BCUT2D eigenvalue weighted by Gasteiger charge is -2.07. The van der Waals surface area contributed by atoms with Crippen LogP contribution >= 0.6 is 11.6 Å². The Hall–Kier alpha value is -1.51. The van der Waals surface area contributed by atoms with E-state index in [0.717, 1.165) is 21.9 Å². The molecular weight excluding hydrogens is 222 g/mol. The predicted molar refractivity (Wildman–Crippen MR) is 68.5 cm³/mol. The van der Waals surface area contributed by atoms with Gasteiger partial charge in [0.15, 0.2) is 0 Å². The molecule has 16 heavy (non-hydrogen) atoms. The Labute approximate surface area is 100 Å². The largest absolute Gasteiger partial charge is 0.496 e. The van der Waals surface area contributed by atoms with Crippen molar-refractivity contribution in [3.8, 4) is 16.9 Å². The maximum absolute atomic E-state index is 5.84. The molecule has 2 rings (SSSR count). The number of rotatable bonds is 2. The van der Waals surface area contributed by atoms with Crippen LogP contribution in [0.15, 0.2) is 48.5 Å². The number of hydrogen-bond donors (Lipinski definition) is 1. The van der Waals surface area contributed by atoms with Crippen LogP contribution in [0.25, 0.3) is 11.1 Å². The van der Waals surface area contributed by atoms with Crippen molar-refractivity contribution in [3.05, 3.63) is 53.6 Å². The number of para-hydroxylation sites is 1.